The number of hydrogen-bond acceptors (Lipinski definition) is 8. The number of hydrazine groups is 1. The average molecular weight is 400 g/mol. The normalized spacial score (nSPS) is 10.2. The minimum atomic E-state index is -0.662. The van der Waals surface area contributed by atoms with Crippen LogP contribution in [0.1, 0.15) is 15.9 Å². The van der Waals surface area contributed by atoms with E-state index in [1.54, 1.807) is 43.5 Å². The first-order valence-corrected chi connectivity index (χ1v) is 8.34. The van der Waals surface area contributed by atoms with Gasteiger partial charge >= 0.3 is 5.69 Å². The number of hydrogen-bond donors (Lipinski definition) is 3. The van der Waals surface area contributed by atoms with E-state index in [1.807, 2.05) is 0 Å². The molecule has 0 fully saturated rings. The van der Waals surface area contributed by atoms with Crippen molar-refractivity contribution in [1.29, 1.82) is 0 Å². The van der Waals surface area contributed by atoms with Crippen LogP contribution in [0, 0.1) is 17.0 Å². The minimum Gasteiger partial charge on any atom is -0.319 e. The largest absolute Gasteiger partial charge is 0.355 e. The number of nitro groups is 1. The zero-order valence-electron chi connectivity index (χ0n) is 14.5. The van der Waals surface area contributed by atoms with E-state index in [4.69, 9.17) is 11.6 Å². The highest BCUT2D eigenvalue weighted by Gasteiger charge is 2.24. The molecule has 0 aliphatic heterocycles. The van der Waals surface area contributed by atoms with Crippen LogP contribution >= 0.6 is 11.6 Å². The van der Waals surface area contributed by atoms with E-state index < -0.39 is 16.5 Å². The van der Waals surface area contributed by atoms with Crippen molar-refractivity contribution in [2.45, 2.75) is 6.92 Å². The van der Waals surface area contributed by atoms with E-state index in [1.165, 1.54) is 6.07 Å². The molecule has 3 aromatic rings. The van der Waals surface area contributed by atoms with E-state index in [0.29, 0.717) is 5.82 Å². The summed E-state index contributed by atoms with van der Waals surface area (Å²) in [5, 5.41) is 14.6. The summed E-state index contributed by atoms with van der Waals surface area (Å²) in [5.74, 6) is -0.434. The Bertz CT molecular complexity index is 1040. The second kappa shape index (κ2) is 8.27. The van der Waals surface area contributed by atoms with Gasteiger partial charge in [-0.1, -0.05) is 29.8 Å². The summed E-state index contributed by atoms with van der Waals surface area (Å²) in [6.07, 6.45) is 2.67. The van der Waals surface area contributed by atoms with Crippen LogP contribution in [0.2, 0.25) is 5.02 Å². The van der Waals surface area contributed by atoms with Gasteiger partial charge in [-0.25, -0.2) is 15.0 Å². The summed E-state index contributed by atoms with van der Waals surface area (Å²) in [4.78, 5) is 35.0. The van der Waals surface area contributed by atoms with Crippen molar-refractivity contribution in [3.05, 3.63) is 75.2 Å². The molecular formula is C17H14ClN7O3. The van der Waals surface area contributed by atoms with Crippen LogP contribution in [0.15, 0.2) is 48.9 Å². The second-order valence-corrected chi connectivity index (χ2v) is 5.94. The van der Waals surface area contributed by atoms with Gasteiger partial charge in [0.15, 0.2) is 0 Å². The van der Waals surface area contributed by atoms with Gasteiger partial charge in [-0.05, 0) is 30.7 Å². The molecule has 0 aliphatic carbocycles. The molecule has 0 bridgehead atoms. The van der Waals surface area contributed by atoms with Crippen molar-refractivity contribution in [1.82, 2.24) is 20.4 Å². The Kier molecular flexibility index (Phi) is 5.61. The molecule has 3 N–H and O–H groups in total. The fraction of sp³-hybridized carbons (Fsp3) is 0.0588. The number of carbonyl (C=O) groups is 1. The minimum absolute atomic E-state index is 0.0729. The molecular weight excluding hydrogens is 386 g/mol. The first-order chi connectivity index (χ1) is 13.5. The molecule has 0 saturated heterocycles. The lowest BCUT2D eigenvalue weighted by molar-refractivity contribution is -0.383. The SMILES string of the molecule is Cc1cccnc1Nc1ncnc(NNC(=O)c2ccccc2Cl)c1[N+](=O)[O-]. The molecule has 3 rings (SSSR count). The Balaban J connectivity index is 1.85. The van der Waals surface area contributed by atoms with Crippen LogP contribution in [-0.4, -0.2) is 25.8 Å². The van der Waals surface area contributed by atoms with Crippen molar-refractivity contribution in [3.8, 4) is 0 Å². The standard InChI is InChI=1S/C17H14ClN7O3/c1-10-5-4-8-19-14(10)22-15-13(25(27)28)16(21-9-20-15)23-24-17(26)11-6-2-3-7-12(11)18/h2-9H,1H3,(H,24,26)(H2,19,20,21,22,23). The maximum atomic E-state index is 12.2. The molecule has 1 aromatic carbocycles. The summed E-state index contributed by atoms with van der Waals surface area (Å²) >= 11 is 5.97. The number of nitrogens with zero attached hydrogens (tertiary/aromatic N) is 4. The van der Waals surface area contributed by atoms with Crippen molar-refractivity contribution in [2.24, 2.45) is 0 Å². The number of pyridine rings is 1. The van der Waals surface area contributed by atoms with Gasteiger partial charge in [0.1, 0.15) is 12.1 Å². The molecule has 0 atom stereocenters. The highest BCUT2D eigenvalue weighted by Crippen LogP contribution is 2.30. The van der Waals surface area contributed by atoms with E-state index in [2.05, 4.69) is 31.1 Å². The van der Waals surface area contributed by atoms with Gasteiger partial charge < -0.3 is 5.32 Å². The van der Waals surface area contributed by atoms with Crippen LogP contribution in [0.4, 0.5) is 23.1 Å². The van der Waals surface area contributed by atoms with Gasteiger partial charge in [0.25, 0.3) is 5.91 Å². The third-order valence-corrected chi connectivity index (χ3v) is 3.99. The predicted octanol–water partition coefficient (Wildman–Crippen LogP) is 3.24. The molecule has 10 nitrogen and oxygen atoms in total. The summed E-state index contributed by atoms with van der Waals surface area (Å²) in [7, 11) is 0. The molecule has 142 valence electrons. The molecule has 2 heterocycles. The van der Waals surface area contributed by atoms with E-state index in [0.717, 1.165) is 11.9 Å². The van der Waals surface area contributed by atoms with E-state index in [-0.39, 0.29) is 22.2 Å². The number of carbonyl (C=O) groups excluding carboxylic acids is 1. The number of anilines is 3. The predicted molar refractivity (Wildman–Crippen MR) is 103 cm³/mol. The summed E-state index contributed by atoms with van der Waals surface area (Å²) in [6.45, 7) is 1.80. The first-order valence-electron chi connectivity index (χ1n) is 7.96. The topological polar surface area (TPSA) is 135 Å². The highest BCUT2D eigenvalue weighted by molar-refractivity contribution is 6.33. The van der Waals surface area contributed by atoms with E-state index >= 15 is 0 Å². The van der Waals surface area contributed by atoms with Crippen LogP contribution < -0.4 is 16.2 Å². The molecule has 0 saturated carbocycles. The maximum Gasteiger partial charge on any atom is 0.355 e. The molecule has 0 radical (unpaired) electrons. The number of nitrogens with one attached hydrogen (secondary N) is 3. The Labute approximate surface area is 164 Å². The summed E-state index contributed by atoms with van der Waals surface area (Å²) in [5.41, 5.74) is 5.32. The fourth-order valence-corrected chi connectivity index (χ4v) is 2.51. The molecule has 0 spiro atoms. The van der Waals surface area contributed by atoms with Gasteiger partial charge in [-0.2, -0.15) is 0 Å². The Morgan fingerprint density at radius 2 is 1.82 bits per heavy atom. The molecule has 28 heavy (non-hydrogen) atoms. The van der Waals surface area contributed by atoms with Crippen LogP contribution in [0.5, 0.6) is 0 Å². The quantitative estimate of drug-likeness (QED) is 0.424. The Hall–Kier alpha value is -3.79. The van der Waals surface area contributed by atoms with Crippen LogP contribution in [0.3, 0.4) is 0 Å². The number of aryl methyl sites for hydroxylation is 1. The molecule has 0 aliphatic rings. The molecule has 1 amide bonds. The van der Waals surface area contributed by atoms with Crippen LogP contribution in [0.25, 0.3) is 0 Å². The van der Waals surface area contributed by atoms with Gasteiger partial charge in [0, 0.05) is 6.20 Å². The number of benzene rings is 1. The lowest BCUT2D eigenvalue weighted by Gasteiger charge is -2.11. The van der Waals surface area contributed by atoms with Gasteiger partial charge in [-0.15, -0.1) is 0 Å². The van der Waals surface area contributed by atoms with E-state index in [9.17, 15) is 14.9 Å². The Morgan fingerprint density at radius 1 is 1.07 bits per heavy atom. The smallest absolute Gasteiger partial charge is 0.319 e. The van der Waals surface area contributed by atoms with Gasteiger partial charge in [0.2, 0.25) is 11.6 Å². The summed E-state index contributed by atoms with van der Waals surface area (Å²) < 4.78 is 0. The van der Waals surface area contributed by atoms with Crippen molar-refractivity contribution in [2.75, 3.05) is 10.7 Å². The van der Waals surface area contributed by atoms with Crippen molar-refractivity contribution >= 4 is 40.6 Å². The zero-order valence-corrected chi connectivity index (χ0v) is 15.3. The number of amides is 1. The van der Waals surface area contributed by atoms with Crippen molar-refractivity contribution < 1.29 is 9.72 Å². The third-order valence-electron chi connectivity index (χ3n) is 3.66. The molecule has 0 unspecified atom stereocenters. The monoisotopic (exact) mass is 399 g/mol. The molecule has 2 aromatic heterocycles. The molecule has 11 heteroatoms. The number of rotatable bonds is 6. The number of aromatic nitrogens is 3. The fourth-order valence-electron chi connectivity index (χ4n) is 2.29. The lowest BCUT2D eigenvalue weighted by atomic mass is 10.2. The second-order valence-electron chi connectivity index (χ2n) is 5.53. The Morgan fingerprint density at radius 3 is 2.54 bits per heavy atom. The highest BCUT2D eigenvalue weighted by atomic mass is 35.5. The van der Waals surface area contributed by atoms with Crippen LogP contribution in [-0.2, 0) is 0 Å². The average Bonchev–Trinajstić information content (AvgIpc) is 2.68. The van der Waals surface area contributed by atoms with Crippen molar-refractivity contribution in [3.63, 3.8) is 0 Å². The third kappa shape index (κ3) is 4.13. The summed E-state index contributed by atoms with van der Waals surface area (Å²) in [6, 6.07) is 9.94. The van der Waals surface area contributed by atoms with Gasteiger partial charge in [0.05, 0.1) is 15.5 Å². The maximum absolute atomic E-state index is 12.2. The number of halogens is 1. The zero-order chi connectivity index (χ0) is 20.1. The first kappa shape index (κ1) is 19.0. The van der Waals surface area contributed by atoms with Gasteiger partial charge in [-0.3, -0.25) is 25.8 Å². The lowest BCUT2D eigenvalue weighted by Crippen LogP contribution is -2.30.